The molecule has 1 fully saturated rings. The van der Waals surface area contributed by atoms with E-state index < -0.39 is 50.1 Å². The minimum absolute atomic E-state index is 0.313. The van der Waals surface area contributed by atoms with E-state index in [0.717, 1.165) is 16.1 Å². The van der Waals surface area contributed by atoms with Crippen molar-refractivity contribution in [1.29, 1.82) is 0 Å². The van der Waals surface area contributed by atoms with Crippen molar-refractivity contribution < 1.29 is 28.2 Å². The number of thioether (sulfide) groups is 1. The Balaban J connectivity index is 2.26. The Morgan fingerprint density at radius 3 is 1.75 bits per heavy atom. The van der Waals surface area contributed by atoms with E-state index in [0.29, 0.717) is 0 Å². The molecule has 2 aromatic carbocycles. The largest absolute Gasteiger partial charge is 0.457 e. The van der Waals surface area contributed by atoms with E-state index >= 15 is 0 Å². The third kappa shape index (κ3) is 6.05. The monoisotopic (exact) mass is 530 g/mol. The second-order valence-electron chi connectivity index (χ2n) is 10.1. The van der Waals surface area contributed by atoms with Crippen LogP contribution in [0.5, 0.6) is 0 Å². The van der Waals surface area contributed by atoms with E-state index in [4.69, 9.17) is 18.6 Å². The lowest BCUT2D eigenvalue weighted by Crippen LogP contribution is -2.72. The second-order valence-corrected chi connectivity index (χ2v) is 15.7. The molecule has 196 valence electrons. The number of benzene rings is 2. The fourth-order valence-corrected chi connectivity index (χ4v) is 10.6. The normalized spacial score (nSPS) is 24.7. The first kappa shape index (κ1) is 28.4. The summed E-state index contributed by atoms with van der Waals surface area (Å²) in [5, 5.41) is 1.86. The van der Waals surface area contributed by atoms with Gasteiger partial charge >= 0.3 is 11.9 Å². The molecule has 0 N–H and O–H groups in total. The summed E-state index contributed by atoms with van der Waals surface area (Å²) in [6, 6.07) is 20.5. The summed E-state index contributed by atoms with van der Waals surface area (Å²) in [4.78, 5) is 24.5. The first-order chi connectivity index (χ1) is 17.0. The van der Waals surface area contributed by atoms with Gasteiger partial charge < -0.3 is 18.6 Å². The minimum Gasteiger partial charge on any atom is -0.457 e. The lowest BCUT2D eigenvalue weighted by molar-refractivity contribution is -0.216. The fraction of sp³-hybridized carbons (Fsp3) is 0.500. The van der Waals surface area contributed by atoms with Crippen molar-refractivity contribution in [1.82, 2.24) is 0 Å². The molecule has 0 amide bonds. The van der Waals surface area contributed by atoms with Gasteiger partial charge in [-0.05, 0) is 28.1 Å². The molecule has 0 aromatic heterocycles. The maximum absolute atomic E-state index is 12.3. The van der Waals surface area contributed by atoms with E-state index in [1.165, 1.54) is 13.8 Å². The second kappa shape index (κ2) is 11.9. The molecule has 1 saturated heterocycles. The molecular formula is C28H38O6SSi. The summed E-state index contributed by atoms with van der Waals surface area (Å²) in [7, 11) is -3.05. The van der Waals surface area contributed by atoms with Crippen LogP contribution in [0.15, 0.2) is 60.7 Å². The first-order valence-electron chi connectivity index (χ1n) is 12.4. The predicted molar refractivity (Wildman–Crippen MR) is 146 cm³/mol. The standard InChI is InChI=1S/C28H38O6SSi/c1-8-35-27-26(33-21(4)30)25(24(19(2)31-27)32-20(3)29)34-36(28(5,6)7,22-15-11-9-12-16-22)23-17-13-10-14-18-23/h9-19,24-27H,8H2,1-7H3/t19-,24+,25+,26-,27?/m1/s1. The number of hydrogen-bond acceptors (Lipinski definition) is 7. The molecule has 5 atom stereocenters. The lowest BCUT2D eigenvalue weighted by atomic mass is 10.0. The molecular weight excluding hydrogens is 492 g/mol. The third-order valence-corrected chi connectivity index (χ3v) is 12.5. The van der Waals surface area contributed by atoms with E-state index in [-0.39, 0.29) is 5.04 Å². The van der Waals surface area contributed by atoms with Crippen LogP contribution >= 0.6 is 11.8 Å². The van der Waals surface area contributed by atoms with Gasteiger partial charge in [-0.2, -0.15) is 0 Å². The molecule has 0 saturated carbocycles. The van der Waals surface area contributed by atoms with Gasteiger partial charge in [0.25, 0.3) is 8.32 Å². The molecule has 3 rings (SSSR count). The van der Waals surface area contributed by atoms with Gasteiger partial charge in [0.1, 0.15) is 11.5 Å². The topological polar surface area (TPSA) is 71.1 Å². The average molecular weight is 531 g/mol. The highest BCUT2D eigenvalue weighted by atomic mass is 32.2. The van der Waals surface area contributed by atoms with Gasteiger partial charge in [0.05, 0.1) is 6.10 Å². The van der Waals surface area contributed by atoms with Crippen LogP contribution < -0.4 is 10.4 Å². The van der Waals surface area contributed by atoms with Crippen LogP contribution in [0.3, 0.4) is 0 Å². The van der Waals surface area contributed by atoms with Gasteiger partial charge in [-0.1, -0.05) is 88.4 Å². The summed E-state index contributed by atoms with van der Waals surface area (Å²) >= 11 is 1.55. The zero-order valence-electron chi connectivity index (χ0n) is 22.2. The number of hydrogen-bond donors (Lipinski definition) is 0. The molecule has 6 nitrogen and oxygen atoms in total. The maximum atomic E-state index is 12.3. The van der Waals surface area contributed by atoms with Crippen molar-refractivity contribution in [2.75, 3.05) is 5.75 Å². The highest BCUT2D eigenvalue weighted by Gasteiger charge is 2.57. The van der Waals surface area contributed by atoms with Crippen LogP contribution in [0.1, 0.15) is 48.5 Å². The van der Waals surface area contributed by atoms with Crippen molar-refractivity contribution in [3.63, 3.8) is 0 Å². The predicted octanol–water partition coefficient (Wildman–Crippen LogP) is 4.29. The summed E-state index contributed by atoms with van der Waals surface area (Å²) in [6.07, 6.45) is -2.68. The van der Waals surface area contributed by atoms with Crippen molar-refractivity contribution in [2.24, 2.45) is 0 Å². The molecule has 8 heteroatoms. The van der Waals surface area contributed by atoms with Gasteiger partial charge in [0, 0.05) is 13.8 Å². The van der Waals surface area contributed by atoms with E-state index in [9.17, 15) is 9.59 Å². The number of rotatable bonds is 8. The molecule has 1 aliphatic heterocycles. The Labute approximate surface area is 220 Å². The fourth-order valence-electron chi connectivity index (χ4n) is 4.97. The molecule has 0 spiro atoms. The Bertz CT molecular complexity index is 970. The van der Waals surface area contributed by atoms with Crippen LogP contribution in [0.4, 0.5) is 0 Å². The third-order valence-electron chi connectivity index (χ3n) is 6.39. The SMILES string of the molecule is CCSC1O[C@H](C)[C@H](OC(C)=O)[C@H](O[Si](c2ccccc2)(c2ccccc2)C(C)(C)C)[C@H]1OC(C)=O. The van der Waals surface area contributed by atoms with Crippen LogP contribution in [0.25, 0.3) is 0 Å². The Morgan fingerprint density at radius 2 is 1.33 bits per heavy atom. The molecule has 1 heterocycles. The van der Waals surface area contributed by atoms with Crippen LogP contribution in [0, 0.1) is 0 Å². The van der Waals surface area contributed by atoms with Crippen molar-refractivity contribution in [2.45, 2.75) is 83.4 Å². The van der Waals surface area contributed by atoms with E-state index in [1.54, 1.807) is 11.8 Å². The van der Waals surface area contributed by atoms with E-state index in [1.807, 2.05) is 50.2 Å². The lowest BCUT2D eigenvalue weighted by Gasteiger charge is -2.51. The quantitative estimate of drug-likeness (QED) is 0.372. The molecule has 1 aliphatic rings. The average Bonchev–Trinajstić information content (AvgIpc) is 2.81. The van der Waals surface area contributed by atoms with Crippen molar-refractivity contribution in [3.05, 3.63) is 60.7 Å². The maximum Gasteiger partial charge on any atom is 0.303 e. The Hall–Kier alpha value is -2.13. The molecule has 0 bridgehead atoms. The number of ether oxygens (including phenoxy) is 3. The zero-order chi connectivity index (χ0) is 26.5. The smallest absolute Gasteiger partial charge is 0.303 e. The summed E-state index contributed by atoms with van der Waals surface area (Å²) < 4.78 is 25.3. The number of carbonyl (C=O) groups excluding carboxylic acids is 2. The summed E-state index contributed by atoms with van der Waals surface area (Å²) in [5.74, 6) is -0.105. The number of carbonyl (C=O) groups is 2. The van der Waals surface area contributed by atoms with Crippen LogP contribution in [0.2, 0.25) is 5.04 Å². The van der Waals surface area contributed by atoms with Crippen LogP contribution in [-0.4, -0.2) is 55.9 Å². The van der Waals surface area contributed by atoms with Gasteiger partial charge in [-0.15, -0.1) is 11.8 Å². The van der Waals surface area contributed by atoms with Crippen molar-refractivity contribution >= 4 is 42.4 Å². The molecule has 1 unspecified atom stereocenters. The number of esters is 2. The summed E-state index contributed by atoms with van der Waals surface area (Å²) in [6.45, 7) is 13.2. The van der Waals surface area contributed by atoms with Gasteiger partial charge in [-0.25, -0.2) is 0 Å². The molecule has 0 aliphatic carbocycles. The van der Waals surface area contributed by atoms with Gasteiger partial charge in [-0.3, -0.25) is 9.59 Å². The van der Waals surface area contributed by atoms with Crippen LogP contribution in [-0.2, 0) is 28.2 Å². The molecule has 36 heavy (non-hydrogen) atoms. The Kier molecular flexibility index (Phi) is 9.43. The highest BCUT2D eigenvalue weighted by Crippen LogP contribution is 2.41. The Morgan fingerprint density at radius 1 is 0.861 bits per heavy atom. The van der Waals surface area contributed by atoms with Gasteiger partial charge in [0.2, 0.25) is 0 Å². The van der Waals surface area contributed by atoms with Gasteiger partial charge in [0.15, 0.2) is 12.2 Å². The molecule has 0 radical (unpaired) electrons. The van der Waals surface area contributed by atoms with Crippen molar-refractivity contribution in [3.8, 4) is 0 Å². The highest BCUT2D eigenvalue weighted by molar-refractivity contribution is 7.99. The zero-order valence-corrected chi connectivity index (χ0v) is 24.0. The first-order valence-corrected chi connectivity index (χ1v) is 15.4. The van der Waals surface area contributed by atoms with E-state index in [2.05, 4.69) is 45.0 Å². The summed E-state index contributed by atoms with van der Waals surface area (Å²) in [5.41, 5.74) is -0.455. The minimum atomic E-state index is -3.05. The molecule has 2 aromatic rings.